The summed E-state index contributed by atoms with van der Waals surface area (Å²) in [5.41, 5.74) is -1.42. The largest absolute Gasteiger partial charge is 0.433 e. The SMILES string of the molecule is O=C(C=Cc1cccc(NC(=O)c2cccc(C(F)(F)F)c2)c1)Nc1ccc(C(F)(F)F)nc1. The van der Waals surface area contributed by atoms with Gasteiger partial charge in [-0.2, -0.15) is 26.3 Å². The quantitative estimate of drug-likeness (QED) is 0.347. The Balaban J connectivity index is 1.64. The van der Waals surface area contributed by atoms with Crippen LogP contribution in [-0.2, 0) is 17.1 Å². The van der Waals surface area contributed by atoms with Gasteiger partial charge < -0.3 is 10.6 Å². The fourth-order valence-corrected chi connectivity index (χ4v) is 2.75. The number of rotatable bonds is 5. The van der Waals surface area contributed by atoms with Crippen LogP contribution in [0.3, 0.4) is 0 Å². The Kier molecular flexibility index (Phi) is 7.04. The van der Waals surface area contributed by atoms with E-state index in [1.807, 2.05) is 0 Å². The molecule has 2 amide bonds. The number of halogens is 6. The standard InChI is InChI=1S/C23H15F6N3O2/c24-22(25,26)16-5-2-4-15(12-16)21(34)32-17-6-1-3-14(11-17)7-10-20(33)31-18-8-9-19(30-13-18)23(27,28)29/h1-13H,(H,31,33)(H,32,34). The summed E-state index contributed by atoms with van der Waals surface area (Å²) in [5.74, 6) is -1.39. The molecule has 176 valence electrons. The van der Waals surface area contributed by atoms with Crippen LogP contribution in [0.15, 0.2) is 72.9 Å². The van der Waals surface area contributed by atoms with E-state index in [1.54, 1.807) is 12.1 Å². The molecule has 0 aliphatic heterocycles. The highest BCUT2D eigenvalue weighted by molar-refractivity contribution is 6.05. The summed E-state index contributed by atoms with van der Waals surface area (Å²) in [6, 6.07) is 11.9. The lowest BCUT2D eigenvalue weighted by Crippen LogP contribution is -2.14. The van der Waals surface area contributed by atoms with Crippen molar-refractivity contribution in [2.45, 2.75) is 12.4 Å². The number of pyridine rings is 1. The zero-order valence-corrected chi connectivity index (χ0v) is 17.0. The number of carbonyl (C=O) groups is 2. The summed E-state index contributed by atoms with van der Waals surface area (Å²) in [5, 5.41) is 4.84. The highest BCUT2D eigenvalue weighted by Crippen LogP contribution is 2.30. The van der Waals surface area contributed by atoms with Gasteiger partial charge in [-0.25, -0.2) is 4.98 Å². The van der Waals surface area contributed by atoms with Crippen LogP contribution in [0.4, 0.5) is 37.7 Å². The van der Waals surface area contributed by atoms with Gasteiger partial charge in [0.1, 0.15) is 5.69 Å². The number of amides is 2. The maximum atomic E-state index is 12.8. The van der Waals surface area contributed by atoms with Crippen LogP contribution in [0.2, 0.25) is 0 Å². The zero-order chi connectivity index (χ0) is 24.9. The fourth-order valence-electron chi connectivity index (χ4n) is 2.75. The molecule has 2 N–H and O–H groups in total. The Bertz CT molecular complexity index is 1220. The number of hydrogen-bond acceptors (Lipinski definition) is 3. The first-order chi connectivity index (χ1) is 15.9. The van der Waals surface area contributed by atoms with Crippen LogP contribution in [0.1, 0.15) is 27.2 Å². The molecule has 3 aromatic rings. The summed E-state index contributed by atoms with van der Waals surface area (Å²) in [4.78, 5) is 27.6. The molecule has 11 heteroatoms. The van der Waals surface area contributed by atoms with E-state index in [-0.39, 0.29) is 16.9 Å². The smallest absolute Gasteiger partial charge is 0.322 e. The summed E-state index contributed by atoms with van der Waals surface area (Å²) in [6.45, 7) is 0. The van der Waals surface area contributed by atoms with E-state index < -0.39 is 35.4 Å². The fraction of sp³-hybridized carbons (Fsp3) is 0.0870. The third-order valence-electron chi connectivity index (χ3n) is 4.35. The van der Waals surface area contributed by atoms with E-state index >= 15 is 0 Å². The van der Waals surface area contributed by atoms with Crippen molar-refractivity contribution in [1.82, 2.24) is 4.98 Å². The first-order valence-corrected chi connectivity index (χ1v) is 9.53. The van der Waals surface area contributed by atoms with E-state index in [1.165, 1.54) is 24.3 Å². The maximum Gasteiger partial charge on any atom is 0.433 e. The second-order valence-corrected chi connectivity index (χ2v) is 6.91. The van der Waals surface area contributed by atoms with Crippen molar-refractivity contribution < 1.29 is 35.9 Å². The number of aromatic nitrogens is 1. The lowest BCUT2D eigenvalue weighted by Gasteiger charge is -2.09. The molecule has 0 atom stereocenters. The third-order valence-corrected chi connectivity index (χ3v) is 4.35. The number of alkyl halides is 6. The molecular weight excluding hydrogens is 464 g/mol. The molecule has 0 bridgehead atoms. The highest BCUT2D eigenvalue weighted by Gasteiger charge is 2.32. The minimum Gasteiger partial charge on any atom is -0.322 e. The molecule has 2 aromatic carbocycles. The molecule has 0 aliphatic carbocycles. The van der Waals surface area contributed by atoms with Gasteiger partial charge in [0, 0.05) is 17.3 Å². The molecule has 5 nitrogen and oxygen atoms in total. The van der Waals surface area contributed by atoms with Gasteiger partial charge in [0.2, 0.25) is 5.91 Å². The molecule has 3 rings (SSSR count). The number of nitrogens with zero attached hydrogens (tertiary/aromatic N) is 1. The van der Waals surface area contributed by atoms with Gasteiger partial charge in [-0.1, -0.05) is 18.2 Å². The van der Waals surface area contributed by atoms with Crippen LogP contribution < -0.4 is 10.6 Å². The van der Waals surface area contributed by atoms with Gasteiger partial charge in [-0.3, -0.25) is 9.59 Å². The van der Waals surface area contributed by atoms with E-state index in [9.17, 15) is 35.9 Å². The monoisotopic (exact) mass is 479 g/mol. The average Bonchev–Trinajstić information content (AvgIpc) is 2.77. The van der Waals surface area contributed by atoms with Gasteiger partial charge in [0.25, 0.3) is 5.91 Å². The molecule has 0 spiro atoms. The molecule has 34 heavy (non-hydrogen) atoms. The number of benzene rings is 2. The topological polar surface area (TPSA) is 71.1 Å². The lowest BCUT2D eigenvalue weighted by molar-refractivity contribution is -0.141. The summed E-state index contributed by atoms with van der Waals surface area (Å²) >= 11 is 0. The lowest BCUT2D eigenvalue weighted by atomic mass is 10.1. The van der Waals surface area contributed by atoms with Gasteiger partial charge in [-0.05, 0) is 54.1 Å². The van der Waals surface area contributed by atoms with Crippen LogP contribution in [0.25, 0.3) is 6.08 Å². The van der Waals surface area contributed by atoms with Crippen molar-refractivity contribution >= 4 is 29.3 Å². The second-order valence-electron chi connectivity index (χ2n) is 6.91. The Morgan fingerprint density at radius 2 is 1.53 bits per heavy atom. The summed E-state index contributed by atoms with van der Waals surface area (Å²) < 4.78 is 76.1. The highest BCUT2D eigenvalue weighted by atomic mass is 19.4. The number of carbonyl (C=O) groups excluding carboxylic acids is 2. The predicted molar refractivity (Wildman–Crippen MR) is 113 cm³/mol. The Hall–Kier alpha value is -4.15. The van der Waals surface area contributed by atoms with Gasteiger partial charge in [0.15, 0.2) is 0 Å². The van der Waals surface area contributed by atoms with E-state index in [0.29, 0.717) is 5.56 Å². The maximum absolute atomic E-state index is 12.8. The molecule has 0 saturated carbocycles. The number of nitrogens with one attached hydrogen (secondary N) is 2. The van der Waals surface area contributed by atoms with Crippen LogP contribution in [0, 0.1) is 0 Å². The first-order valence-electron chi connectivity index (χ1n) is 9.53. The minimum atomic E-state index is -4.59. The molecular formula is C23H15F6N3O2. The molecule has 0 unspecified atom stereocenters. The van der Waals surface area contributed by atoms with Crippen molar-refractivity contribution in [3.63, 3.8) is 0 Å². The van der Waals surface area contributed by atoms with Crippen molar-refractivity contribution in [1.29, 1.82) is 0 Å². The number of anilines is 2. The van der Waals surface area contributed by atoms with E-state index in [0.717, 1.165) is 42.6 Å². The number of hydrogen-bond donors (Lipinski definition) is 2. The van der Waals surface area contributed by atoms with Gasteiger partial charge in [-0.15, -0.1) is 0 Å². The molecule has 0 saturated heterocycles. The first kappa shape index (κ1) is 24.5. The minimum absolute atomic E-state index is 0.0600. The van der Waals surface area contributed by atoms with Crippen molar-refractivity contribution in [3.8, 4) is 0 Å². The zero-order valence-electron chi connectivity index (χ0n) is 17.0. The molecule has 0 fully saturated rings. The predicted octanol–water partition coefficient (Wildman–Crippen LogP) is 6.02. The van der Waals surface area contributed by atoms with Crippen molar-refractivity contribution in [3.05, 3.63) is 95.3 Å². The molecule has 1 heterocycles. The van der Waals surface area contributed by atoms with Crippen LogP contribution in [0.5, 0.6) is 0 Å². The summed E-state index contributed by atoms with van der Waals surface area (Å²) in [6.07, 6.45) is -5.81. The van der Waals surface area contributed by atoms with Crippen LogP contribution >= 0.6 is 0 Å². The molecule has 0 radical (unpaired) electrons. The molecule has 0 aliphatic rings. The van der Waals surface area contributed by atoms with Gasteiger partial charge >= 0.3 is 12.4 Å². The van der Waals surface area contributed by atoms with Gasteiger partial charge in [0.05, 0.1) is 17.4 Å². The van der Waals surface area contributed by atoms with E-state index in [2.05, 4.69) is 15.6 Å². The third kappa shape index (κ3) is 6.67. The van der Waals surface area contributed by atoms with E-state index in [4.69, 9.17) is 0 Å². The molecule has 1 aromatic heterocycles. The van der Waals surface area contributed by atoms with Crippen molar-refractivity contribution in [2.75, 3.05) is 10.6 Å². The second kappa shape index (κ2) is 9.77. The average molecular weight is 479 g/mol. The Morgan fingerprint density at radius 3 is 2.18 bits per heavy atom. The van der Waals surface area contributed by atoms with Crippen molar-refractivity contribution in [2.24, 2.45) is 0 Å². The Labute approximate surface area is 189 Å². The summed E-state index contributed by atoms with van der Waals surface area (Å²) in [7, 11) is 0. The normalized spacial score (nSPS) is 11.9. The Morgan fingerprint density at radius 1 is 0.794 bits per heavy atom. The van der Waals surface area contributed by atoms with Crippen LogP contribution in [-0.4, -0.2) is 16.8 Å².